The van der Waals surface area contributed by atoms with Gasteiger partial charge in [-0.05, 0) is 18.8 Å². The van der Waals surface area contributed by atoms with Gasteiger partial charge in [0.1, 0.15) is 6.04 Å². The zero-order valence-electron chi connectivity index (χ0n) is 12.0. The molecule has 1 aliphatic rings. The van der Waals surface area contributed by atoms with Crippen LogP contribution < -0.4 is 10.6 Å². The summed E-state index contributed by atoms with van der Waals surface area (Å²) < 4.78 is 5.27. The summed E-state index contributed by atoms with van der Waals surface area (Å²) in [5.74, 6) is -0.733. The number of hydrogen-bond donors (Lipinski definition) is 3. The summed E-state index contributed by atoms with van der Waals surface area (Å²) in [5, 5.41) is 14.4. The Morgan fingerprint density at radius 2 is 1.95 bits per heavy atom. The van der Waals surface area contributed by atoms with E-state index in [1.54, 1.807) is 20.8 Å². The second-order valence-corrected chi connectivity index (χ2v) is 6.17. The number of hydrogen-bond acceptors (Lipinski definition) is 3. The van der Waals surface area contributed by atoms with Crippen LogP contribution in [-0.2, 0) is 9.53 Å². The third-order valence-electron chi connectivity index (χ3n) is 3.42. The lowest BCUT2D eigenvalue weighted by Gasteiger charge is -2.29. The maximum absolute atomic E-state index is 11.8. The molecule has 3 atom stereocenters. The largest absolute Gasteiger partial charge is 0.480 e. The summed E-state index contributed by atoms with van der Waals surface area (Å²) in [5.41, 5.74) is -0.539. The highest BCUT2D eigenvalue weighted by atomic mass is 16.5. The molecule has 3 N–H and O–H groups in total. The first kappa shape index (κ1) is 15.8. The lowest BCUT2D eigenvalue weighted by Crippen LogP contribution is -2.54. The van der Waals surface area contributed by atoms with Gasteiger partial charge in [-0.1, -0.05) is 20.8 Å². The van der Waals surface area contributed by atoms with Gasteiger partial charge in [-0.15, -0.1) is 0 Å². The Morgan fingerprint density at radius 1 is 1.32 bits per heavy atom. The van der Waals surface area contributed by atoms with Crippen molar-refractivity contribution < 1.29 is 19.4 Å². The molecule has 19 heavy (non-hydrogen) atoms. The van der Waals surface area contributed by atoms with Crippen molar-refractivity contribution in [1.82, 2.24) is 10.6 Å². The quantitative estimate of drug-likeness (QED) is 0.718. The molecule has 0 aromatic rings. The number of carbonyl (C=O) groups excluding carboxylic acids is 1. The average Bonchev–Trinajstić information content (AvgIpc) is 2.77. The van der Waals surface area contributed by atoms with Crippen molar-refractivity contribution in [1.29, 1.82) is 0 Å². The van der Waals surface area contributed by atoms with Gasteiger partial charge in [-0.3, -0.25) is 0 Å². The van der Waals surface area contributed by atoms with Crippen molar-refractivity contribution >= 4 is 12.0 Å². The number of carboxylic acids is 1. The molecule has 1 fully saturated rings. The molecule has 1 heterocycles. The SMILES string of the molecule is CC(NC(=O)N[C@@H](C(=O)O)C(C)(C)C)C1CCOC1. The summed E-state index contributed by atoms with van der Waals surface area (Å²) in [4.78, 5) is 23.0. The van der Waals surface area contributed by atoms with Crippen LogP contribution in [0.3, 0.4) is 0 Å². The van der Waals surface area contributed by atoms with Crippen molar-refractivity contribution in [2.75, 3.05) is 13.2 Å². The van der Waals surface area contributed by atoms with Crippen molar-refractivity contribution in [3.05, 3.63) is 0 Å². The Labute approximate surface area is 113 Å². The fraction of sp³-hybridized carbons (Fsp3) is 0.846. The maximum atomic E-state index is 11.8. The predicted octanol–water partition coefficient (Wildman–Crippen LogP) is 1.21. The number of ether oxygens (including phenoxy) is 1. The molecule has 0 spiro atoms. The molecule has 6 nitrogen and oxygen atoms in total. The number of amides is 2. The van der Waals surface area contributed by atoms with Crippen molar-refractivity contribution in [3.63, 3.8) is 0 Å². The Kier molecular flexibility index (Phi) is 5.17. The Balaban J connectivity index is 2.50. The summed E-state index contributed by atoms with van der Waals surface area (Å²) >= 11 is 0. The van der Waals surface area contributed by atoms with Crippen molar-refractivity contribution in [2.24, 2.45) is 11.3 Å². The third kappa shape index (κ3) is 4.70. The highest BCUT2D eigenvalue weighted by Gasteiger charge is 2.33. The van der Waals surface area contributed by atoms with Gasteiger partial charge < -0.3 is 20.5 Å². The van der Waals surface area contributed by atoms with Gasteiger partial charge >= 0.3 is 12.0 Å². The van der Waals surface area contributed by atoms with Crippen LogP contribution in [0.2, 0.25) is 0 Å². The van der Waals surface area contributed by atoms with Gasteiger partial charge in [0.05, 0.1) is 6.61 Å². The predicted molar refractivity (Wildman–Crippen MR) is 70.9 cm³/mol. The minimum Gasteiger partial charge on any atom is -0.480 e. The van der Waals surface area contributed by atoms with Crippen LogP contribution in [0.4, 0.5) is 4.79 Å². The number of aliphatic carboxylic acids is 1. The van der Waals surface area contributed by atoms with E-state index in [1.165, 1.54) is 0 Å². The molecule has 0 radical (unpaired) electrons. The van der Waals surface area contributed by atoms with E-state index in [4.69, 9.17) is 9.84 Å². The lowest BCUT2D eigenvalue weighted by atomic mass is 9.87. The monoisotopic (exact) mass is 272 g/mol. The van der Waals surface area contributed by atoms with Crippen molar-refractivity contribution in [3.8, 4) is 0 Å². The molecular weight excluding hydrogens is 248 g/mol. The summed E-state index contributed by atoms with van der Waals surface area (Å²) in [6, 6.07) is -1.39. The second-order valence-electron chi connectivity index (χ2n) is 6.17. The van der Waals surface area contributed by atoms with Gasteiger partial charge in [-0.25, -0.2) is 9.59 Å². The highest BCUT2D eigenvalue weighted by molar-refractivity contribution is 5.83. The molecule has 0 saturated carbocycles. The molecule has 1 rings (SSSR count). The average molecular weight is 272 g/mol. The fourth-order valence-electron chi connectivity index (χ4n) is 2.09. The van der Waals surface area contributed by atoms with Gasteiger partial charge in [0.15, 0.2) is 0 Å². The van der Waals surface area contributed by atoms with Gasteiger partial charge in [0.2, 0.25) is 0 Å². The Hall–Kier alpha value is -1.30. The number of urea groups is 1. The highest BCUT2D eigenvalue weighted by Crippen LogP contribution is 2.20. The van der Waals surface area contributed by atoms with Crippen LogP contribution in [0.1, 0.15) is 34.1 Å². The van der Waals surface area contributed by atoms with Crippen LogP contribution in [0, 0.1) is 11.3 Å². The summed E-state index contributed by atoms with van der Waals surface area (Å²) in [6.07, 6.45) is 0.920. The summed E-state index contributed by atoms with van der Waals surface area (Å²) in [6.45, 7) is 8.60. The van der Waals surface area contributed by atoms with E-state index in [1.807, 2.05) is 6.92 Å². The topological polar surface area (TPSA) is 87.7 Å². The van der Waals surface area contributed by atoms with E-state index in [2.05, 4.69) is 10.6 Å². The standard InChI is InChI=1S/C13H24N2O4/c1-8(9-5-6-19-7-9)14-12(18)15-10(11(16)17)13(2,3)4/h8-10H,5-7H2,1-4H3,(H,16,17)(H2,14,15,18)/t8?,9?,10-/m0/s1. The van der Waals surface area contributed by atoms with Crippen LogP contribution in [-0.4, -0.2) is 42.4 Å². The first-order valence-electron chi connectivity index (χ1n) is 6.59. The molecule has 2 unspecified atom stereocenters. The zero-order chi connectivity index (χ0) is 14.6. The van der Waals surface area contributed by atoms with Crippen LogP contribution >= 0.6 is 0 Å². The van der Waals surface area contributed by atoms with Gasteiger partial charge in [0, 0.05) is 18.6 Å². The Bertz CT molecular complexity index is 332. The normalized spacial score (nSPS) is 22.6. The minimum atomic E-state index is -1.03. The minimum absolute atomic E-state index is 0.0306. The van der Waals surface area contributed by atoms with Crippen molar-refractivity contribution in [2.45, 2.75) is 46.2 Å². The second kappa shape index (κ2) is 6.23. The van der Waals surface area contributed by atoms with Gasteiger partial charge in [-0.2, -0.15) is 0 Å². The maximum Gasteiger partial charge on any atom is 0.326 e. The fourth-order valence-corrected chi connectivity index (χ4v) is 2.09. The van der Waals surface area contributed by atoms with E-state index in [0.717, 1.165) is 13.0 Å². The molecule has 6 heteroatoms. The first-order valence-corrected chi connectivity index (χ1v) is 6.59. The number of carboxylic acid groups (broad SMARTS) is 1. The first-order chi connectivity index (χ1) is 8.71. The number of rotatable bonds is 4. The molecule has 2 amide bonds. The van der Waals surface area contributed by atoms with Crippen LogP contribution in [0.5, 0.6) is 0 Å². The smallest absolute Gasteiger partial charge is 0.326 e. The lowest BCUT2D eigenvalue weighted by molar-refractivity contribution is -0.141. The van der Waals surface area contributed by atoms with E-state index in [9.17, 15) is 9.59 Å². The molecular formula is C13H24N2O4. The number of carbonyl (C=O) groups is 2. The number of nitrogens with one attached hydrogen (secondary N) is 2. The third-order valence-corrected chi connectivity index (χ3v) is 3.42. The van der Waals surface area contributed by atoms with Crippen LogP contribution in [0.15, 0.2) is 0 Å². The molecule has 1 saturated heterocycles. The molecule has 0 bridgehead atoms. The van der Waals surface area contributed by atoms with Gasteiger partial charge in [0.25, 0.3) is 0 Å². The molecule has 0 aromatic heterocycles. The zero-order valence-corrected chi connectivity index (χ0v) is 12.0. The van der Waals surface area contributed by atoms with E-state index in [0.29, 0.717) is 12.5 Å². The van der Waals surface area contributed by atoms with E-state index < -0.39 is 23.5 Å². The Morgan fingerprint density at radius 3 is 2.37 bits per heavy atom. The molecule has 0 aromatic carbocycles. The van der Waals surface area contributed by atoms with E-state index >= 15 is 0 Å². The van der Waals surface area contributed by atoms with Crippen LogP contribution in [0.25, 0.3) is 0 Å². The molecule has 110 valence electrons. The van der Waals surface area contributed by atoms with E-state index in [-0.39, 0.29) is 6.04 Å². The molecule has 1 aliphatic heterocycles. The molecule has 0 aliphatic carbocycles. The summed E-state index contributed by atoms with van der Waals surface area (Å²) in [7, 11) is 0.